The van der Waals surface area contributed by atoms with Gasteiger partial charge in [0.15, 0.2) is 0 Å². The molecule has 4 heteroatoms. The van der Waals surface area contributed by atoms with E-state index < -0.39 is 0 Å². The van der Waals surface area contributed by atoms with Crippen molar-refractivity contribution in [3.05, 3.63) is 24.3 Å². The van der Waals surface area contributed by atoms with Crippen LogP contribution in [0.5, 0.6) is 5.75 Å². The lowest BCUT2D eigenvalue weighted by molar-refractivity contribution is -0.121. The van der Waals surface area contributed by atoms with Gasteiger partial charge in [-0.25, -0.2) is 0 Å². The SMILES string of the molecule is NCC1(CC(=O)N2CCOc3ccccc32)CCCCC1. The van der Waals surface area contributed by atoms with Crippen LogP contribution in [0.4, 0.5) is 5.69 Å². The predicted molar refractivity (Wildman–Crippen MR) is 83.5 cm³/mol. The van der Waals surface area contributed by atoms with Crippen molar-refractivity contribution in [3.8, 4) is 5.75 Å². The zero-order valence-electron chi connectivity index (χ0n) is 12.5. The second kappa shape index (κ2) is 6.06. The fraction of sp³-hybridized carbons (Fsp3) is 0.588. The highest BCUT2D eigenvalue weighted by atomic mass is 16.5. The molecule has 0 bridgehead atoms. The van der Waals surface area contributed by atoms with Crippen molar-refractivity contribution in [2.45, 2.75) is 38.5 Å². The zero-order chi connectivity index (χ0) is 14.7. The van der Waals surface area contributed by atoms with E-state index >= 15 is 0 Å². The summed E-state index contributed by atoms with van der Waals surface area (Å²) in [6.07, 6.45) is 6.41. The molecule has 1 aromatic rings. The van der Waals surface area contributed by atoms with Gasteiger partial charge in [0.05, 0.1) is 12.2 Å². The third-order valence-electron chi connectivity index (χ3n) is 4.90. The van der Waals surface area contributed by atoms with Crippen LogP contribution < -0.4 is 15.4 Å². The first kappa shape index (κ1) is 14.4. The number of anilines is 1. The number of nitrogens with zero attached hydrogens (tertiary/aromatic N) is 1. The van der Waals surface area contributed by atoms with Crippen LogP contribution in [-0.4, -0.2) is 25.6 Å². The van der Waals surface area contributed by atoms with Crippen LogP contribution in [0.25, 0.3) is 0 Å². The van der Waals surface area contributed by atoms with Crippen LogP contribution in [0.2, 0.25) is 0 Å². The molecular weight excluding hydrogens is 264 g/mol. The topological polar surface area (TPSA) is 55.6 Å². The van der Waals surface area contributed by atoms with Crippen molar-refractivity contribution in [1.82, 2.24) is 0 Å². The lowest BCUT2D eigenvalue weighted by atomic mass is 9.71. The fourth-order valence-electron chi connectivity index (χ4n) is 3.60. The van der Waals surface area contributed by atoms with E-state index in [-0.39, 0.29) is 11.3 Å². The van der Waals surface area contributed by atoms with Gasteiger partial charge in [0.2, 0.25) is 5.91 Å². The van der Waals surface area contributed by atoms with E-state index in [1.165, 1.54) is 19.3 Å². The van der Waals surface area contributed by atoms with Gasteiger partial charge in [0.25, 0.3) is 0 Å². The molecule has 114 valence electrons. The van der Waals surface area contributed by atoms with Crippen LogP contribution >= 0.6 is 0 Å². The molecule has 0 saturated heterocycles. The van der Waals surface area contributed by atoms with E-state index in [2.05, 4.69) is 0 Å². The van der Waals surface area contributed by atoms with Crippen LogP contribution in [0.15, 0.2) is 24.3 Å². The molecule has 4 nitrogen and oxygen atoms in total. The fourth-order valence-corrected chi connectivity index (χ4v) is 3.60. The molecule has 0 unspecified atom stereocenters. The summed E-state index contributed by atoms with van der Waals surface area (Å²) in [4.78, 5) is 14.7. The van der Waals surface area contributed by atoms with Crippen LogP contribution in [0.3, 0.4) is 0 Å². The summed E-state index contributed by atoms with van der Waals surface area (Å²) in [5.41, 5.74) is 6.93. The molecular formula is C17H24N2O2. The number of ether oxygens (including phenoxy) is 1. The van der Waals surface area contributed by atoms with E-state index in [0.29, 0.717) is 26.1 Å². The molecule has 3 rings (SSSR count). The highest BCUT2D eigenvalue weighted by Gasteiger charge is 2.35. The van der Waals surface area contributed by atoms with E-state index in [1.54, 1.807) is 0 Å². The van der Waals surface area contributed by atoms with Gasteiger partial charge in [-0.1, -0.05) is 31.4 Å². The number of hydrogen-bond donors (Lipinski definition) is 1. The summed E-state index contributed by atoms with van der Waals surface area (Å²) in [6, 6.07) is 7.78. The monoisotopic (exact) mass is 288 g/mol. The number of carbonyl (C=O) groups excluding carboxylic acids is 1. The standard InChI is InChI=1S/C17H24N2O2/c18-13-17(8-4-1-5-9-17)12-16(20)19-10-11-21-15-7-3-2-6-14(15)19/h2-3,6-7H,1,4-5,8-13,18H2. The normalized spacial score (nSPS) is 20.5. The van der Waals surface area contributed by atoms with Gasteiger partial charge in [0, 0.05) is 6.42 Å². The molecule has 2 aliphatic rings. The van der Waals surface area contributed by atoms with Crippen LogP contribution in [0.1, 0.15) is 38.5 Å². The Morgan fingerprint density at radius 3 is 2.76 bits per heavy atom. The summed E-state index contributed by atoms with van der Waals surface area (Å²) in [6.45, 7) is 1.82. The number of para-hydroxylation sites is 2. The minimum atomic E-state index is 0.0164. The van der Waals surface area contributed by atoms with Crippen LogP contribution in [0, 0.1) is 5.41 Å². The summed E-state index contributed by atoms with van der Waals surface area (Å²) < 4.78 is 5.63. The van der Waals surface area contributed by atoms with Crippen molar-refractivity contribution in [1.29, 1.82) is 0 Å². The van der Waals surface area contributed by atoms with E-state index in [9.17, 15) is 4.79 Å². The molecule has 1 heterocycles. The average Bonchev–Trinajstić information content (AvgIpc) is 2.55. The maximum absolute atomic E-state index is 12.8. The van der Waals surface area contributed by atoms with Gasteiger partial charge in [0.1, 0.15) is 12.4 Å². The molecule has 1 aliphatic heterocycles. The minimum Gasteiger partial charge on any atom is -0.490 e. The predicted octanol–water partition coefficient (Wildman–Crippen LogP) is 2.71. The summed E-state index contributed by atoms with van der Waals surface area (Å²) in [5, 5.41) is 0. The van der Waals surface area contributed by atoms with Crippen molar-refractivity contribution in [3.63, 3.8) is 0 Å². The number of benzene rings is 1. The van der Waals surface area contributed by atoms with Gasteiger partial charge < -0.3 is 15.4 Å². The largest absolute Gasteiger partial charge is 0.490 e. The number of carbonyl (C=O) groups is 1. The first-order valence-electron chi connectivity index (χ1n) is 7.96. The molecule has 0 spiro atoms. The van der Waals surface area contributed by atoms with Gasteiger partial charge in [-0.3, -0.25) is 4.79 Å². The molecule has 0 atom stereocenters. The Morgan fingerprint density at radius 2 is 2.00 bits per heavy atom. The van der Waals surface area contributed by atoms with Gasteiger partial charge in [-0.15, -0.1) is 0 Å². The zero-order valence-corrected chi connectivity index (χ0v) is 12.5. The van der Waals surface area contributed by atoms with Gasteiger partial charge in [-0.2, -0.15) is 0 Å². The van der Waals surface area contributed by atoms with Crippen molar-refractivity contribution in [2.24, 2.45) is 11.1 Å². The molecule has 1 saturated carbocycles. The Hall–Kier alpha value is -1.55. The van der Waals surface area contributed by atoms with E-state index in [1.807, 2.05) is 29.2 Å². The summed E-state index contributed by atoms with van der Waals surface area (Å²) >= 11 is 0. The van der Waals surface area contributed by atoms with Crippen molar-refractivity contribution in [2.75, 3.05) is 24.6 Å². The Morgan fingerprint density at radius 1 is 1.24 bits per heavy atom. The highest BCUT2D eigenvalue weighted by molar-refractivity contribution is 5.95. The maximum Gasteiger partial charge on any atom is 0.227 e. The average molecular weight is 288 g/mol. The number of amides is 1. The van der Waals surface area contributed by atoms with Crippen LogP contribution in [-0.2, 0) is 4.79 Å². The summed E-state index contributed by atoms with van der Waals surface area (Å²) in [7, 11) is 0. The Kier molecular flexibility index (Phi) is 4.15. The summed E-state index contributed by atoms with van der Waals surface area (Å²) in [5.74, 6) is 1.00. The Labute approximate surface area is 126 Å². The molecule has 2 N–H and O–H groups in total. The number of hydrogen-bond acceptors (Lipinski definition) is 3. The lowest BCUT2D eigenvalue weighted by Crippen LogP contribution is -2.43. The molecule has 1 aromatic carbocycles. The minimum absolute atomic E-state index is 0.0164. The molecule has 21 heavy (non-hydrogen) atoms. The Bertz CT molecular complexity index is 509. The molecule has 0 aromatic heterocycles. The smallest absolute Gasteiger partial charge is 0.227 e. The van der Waals surface area contributed by atoms with Crippen molar-refractivity contribution >= 4 is 11.6 Å². The number of fused-ring (bicyclic) bond motifs is 1. The highest BCUT2D eigenvalue weighted by Crippen LogP contribution is 2.40. The lowest BCUT2D eigenvalue weighted by Gasteiger charge is -2.38. The second-order valence-electron chi connectivity index (χ2n) is 6.30. The van der Waals surface area contributed by atoms with Gasteiger partial charge >= 0.3 is 0 Å². The molecule has 1 aliphatic carbocycles. The number of rotatable bonds is 3. The molecule has 0 radical (unpaired) electrons. The van der Waals surface area contributed by atoms with E-state index in [4.69, 9.17) is 10.5 Å². The first-order chi connectivity index (χ1) is 10.2. The third kappa shape index (κ3) is 2.91. The molecule has 1 fully saturated rings. The second-order valence-corrected chi connectivity index (χ2v) is 6.30. The maximum atomic E-state index is 12.8. The number of nitrogens with two attached hydrogens (primary N) is 1. The van der Waals surface area contributed by atoms with Crippen molar-refractivity contribution < 1.29 is 9.53 Å². The quantitative estimate of drug-likeness (QED) is 0.930. The molecule has 1 amide bonds. The van der Waals surface area contributed by atoms with E-state index in [0.717, 1.165) is 24.3 Å². The Balaban J connectivity index is 1.77. The van der Waals surface area contributed by atoms with Gasteiger partial charge in [-0.05, 0) is 36.9 Å². The third-order valence-corrected chi connectivity index (χ3v) is 4.90. The first-order valence-corrected chi connectivity index (χ1v) is 7.96.